The summed E-state index contributed by atoms with van der Waals surface area (Å²) in [6.07, 6.45) is 1.68. The summed E-state index contributed by atoms with van der Waals surface area (Å²) in [6, 6.07) is 11.2. The highest BCUT2D eigenvalue weighted by Gasteiger charge is 2.28. The lowest BCUT2D eigenvalue weighted by Gasteiger charge is -2.18. The van der Waals surface area contributed by atoms with Crippen LogP contribution < -0.4 is 10.0 Å². The first kappa shape index (κ1) is 22.0. The summed E-state index contributed by atoms with van der Waals surface area (Å²) in [5.74, 6) is -0.464. The molecule has 1 aliphatic rings. The largest absolute Gasteiger partial charge is 0.339 e. The fraction of sp³-hybridized carbons (Fsp3) is 0.364. The van der Waals surface area contributed by atoms with Crippen molar-refractivity contribution >= 4 is 27.5 Å². The van der Waals surface area contributed by atoms with Gasteiger partial charge in [0.15, 0.2) is 0 Å². The number of carbonyl (C=O) groups excluding carboxylic acids is 2. The smallest absolute Gasteiger partial charge is 0.255 e. The van der Waals surface area contributed by atoms with Crippen molar-refractivity contribution < 1.29 is 18.0 Å². The quantitative estimate of drug-likeness (QED) is 0.674. The van der Waals surface area contributed by atoms with E-state index < -0.39 is 15.9 Å². The first-order valence-electron chi connectivity index (χ1n) is 10.1. The van der Waals surface area contributed by atoms with E-state index in [4.69, 9.17) is 0 Å². The van der Waals surface area contributed by atoms with Gasteiger partial charge >= 0.3 is 0 Å². The molecule has 0 atom stereocenters. The van der Waals surface area contributed by atoms with E-state index in [0.717, 1.165) is 12.8 Å². The zero-order valence-electron chi connectivity index (χ0n) is 17.4. The van der Waals surface area contributed by atoms with Crippen molar-refractivity contribution in [3.63, 3.8) is 0 Å². The Kier molecular flexibility index (Phi) is 6.58. The Bertz CT molecular complexity index is 1040. The summed E-state index contributed by atoms with van der Waals surface area (Å²) in [5, 5.41) is 2.78. The Labute approximate surface area is 177 Å². The van der Waals surface area contributed by atoms with Crippen LogP contribution >= 0.6 is 0 Å². The third-order valence-electron chi connectivity index (χ3n) is 5.10. The number of rotatable bonds is 8. The molecule has 8 heteroatoms. The highest BCUT2D eigenvalue weighted by atomic mass is 32.2. The number of amides is 2. The molecule has 2 N–H and O–H groups in total. The molecule has 0 saturated heterocycles. The number of hydrogen-bond acceptors (Lipinski definition) is 4. The predicted molar refractivity (Wildman–Crippen MR) is 116 cm³/mol. The van der Waals surface area contributed by atoms with Crippen LogP contribution in [0.15, 0.2) is 47.4 Å². The van der Waals surface area contributed by atoms with Crippen molar-refractivity contribution in [3.05, 3.63) is 59.2 Å². The first-order valence-corrected chi connectivity index (χ1v) is 11.6. The summed E-state index contributed by atoms with van der Waals surface area (Å²) < 4.78 is 27.5. The van der Waals surface area contributed by atoms with E-state index in [1.807, 2.05) is 13.8 Å². The Hall–Kier alpha value is -2.71. The molecule has 3 rings (SSSR count). The van der Waals surface area contributed by atoms with Gasteiger partial charge in [-0.25, -0.2) is 13.1 Å². The van der Waals surface area contributed by atoms with Crippen LogP contribution in [-0.2, 0) is 10.0 Å². The molecule has 0 radical (unpaired) electrons. The monoisotopic (exact) mass is 429 g/mol. The second kappa shape index (κ2) is 8.97. The Morgan fingerprint density at radius 2 is 1.67 bits per heavy atom. The van der Waals surface area contributed by atoms with E-state index in [1.165, 1.54) is 12.1 Å². The second-order valence-corrected chi connectivity index (χ2v) is 9.10. The summed E-state index contributed by atoms with van der Waals surface area (Å²) in [4.78, 5) is 27.0. The number of carbonyl (C=O) groups is 2. The van der Waals surface area contributed by atoms with Crippen molar-refractivity contribution in [3.8, 4) is 0 Å². The maximum atomic E-state index is 12.8. The lowest BCUT2D eigenvalue weighted by Crippen LogP contribution is -2.30. The van der Waals surface area contributed by atoms with Crippen molar-refractivity contribution in [1.29, 1.82) is 0 Å². The lowest BCUT2D eigenvalue weighted by atomic mass is 10.1. The van der Waals surface area contributed by atoms with E-state index in [0.29, 0.717) is 29.9 Å². The van der Waals surface area contributed by atoms with Gasteiger partial charge in [0.1, 0.15) is 0 Å². The molecule has 0 aromatic heterocycles. The van der Waals surface area contributed by atoms with Crippen LogP contribution in [0.3, 0.4) is 0 Å². The molecule has 2 aromatic rings. The number of sulfonamides is 1. The molecule has 0 unspecified atom stereocenters. The molecule has 7 nitrogen and oxygen atoms in total. The first-order chi connectivity index (χ1) is 14.2. The molecule has 0 bridgehead atoms. The summed E-state index contributed by atoms with van der Waals surface area (Å²) in [7, 11) is -3.64. The molecule has 1 fully saturated rings. The van der Waals surface area contributed by atoms with Crippen LogP contribution in [0.25, 0.3) is 0 Å². The van der Waals surface area contributed by atoms with E-state index in [1.54, 1.807) is 42.2 Å². The van der Waals surface area contributed by atoms with Crippen LogP contribution in [0, 0.1) is 6.92 Å². The van der Waals surface area contributed by atoms with Crippen molar-refractivity contribution in [1.82, 2.24) is 9.62 Å². The standard InChI is InChI=1S/C22H27N3O4S/c1-4-25(5-2)22(27)16-7-9-17(10-8-16)23-21(26)20-14-19(13-6-15(20)3)30(28,29)24-18-11-12-18/h6-10,13-14,18,24H,4-5,11-12H2,1-3H3,(H,23,26). The Balaban J connectivity index is 1.75. The minimum atomic E-state index is -3.64. The summed E-state index contributed by atoms with van der Waals surface area (Å²) >= 11 is 0. The zero-order valence-corrected chi connectivity index (χ0v) is 18.3. The maximum absolute atomic E-state index is 12.8. The molecule has 0 heterocycles. The molecular weight excluding hydrogens is 402 g/mol. The van der Waals surface area contributed by atoms with Crippen LogP contribution in [0.5, 0.6) is 0 Å². The zero-order chi connectivity index (χ0) is 21.9. The Morgan fingerprint density at radius 1 is 1.03 bits per heavy atom. The van der Waals surface area contributed by atoms with Gasteiger partial charge in [-0.3, -0.25) is 9.59 Å². The molecule has 2 amide bonds. The summed E-state index contributed by atoms with van der Waals surface area (Å²) in [6.45, 7) is 6.86. The SMILES string of the molecule is CCN(CC)C(=O)c1ccc(NC(=O)c2cc(S(=O)(=O)NC3CC3)ccc2C)cc1. The topological polar surface area (TPSA) is 95.6 Å². The minimum Gasteiger partial charge on any atom is -0.339 e. The third-order valence-corrected chi connectivity index (χ3v) is 6.62. The van der Waals surface area contributed by atoms with Crippen LogP contribution in [0.1, 0.15) is 53.0 Å². The fourth-order valence-electron chi connectivity index (χ4n) is 3.09. The van der Waals surface area contributed by atoms with Gasteiger partial charge in [0.2, 0.25) is 10.0 Å². The second-order valence-electron chi connectivity index (χ2n) is 7.38. The van der Waals surface area contributed by atoms with Gasteiger partial charge in [-0.1, -0.05) is 6.07 Å². The number of nitrogens with one attached hydrogen (secondary N) is 2. The van der Waals surface area contributed by atoms with E-state index in [2.05, 4.69) is 10.0 Å². The van der Waals surface area contributed by atoms with Crippen molar-refractivity contribution in [2.45, 2.75) is 44.6 Å². The molecule has 30 heavy (non-hydrogen) atoms. The number of benzene rings is 2. The van der Waals surface area contributed by atoms with Gasteiger partial charge in [0.05, 0.1) is 4.90 Å². The predicted octanol–water partition coefficient (Wildman–Crippen LogP) is 3.17. The van der Waals surface area contributed by atoms with E-state index in [9.17, 15) is 18.0 Å². The molecule has 160 valence electrons. The van der Waals surface area contributed by atoms with Gasteiger partial charge in [0.25, 0.3) is 11.8 Å². The molecule has 0 aliphatic heterocycles. The van der Waals surface area contributed by atoms with Gasteiger partial charge in [-0.15, -0.1) is 0 Å². The van der Waals surface area contributed by atoms with Crippen LogP contribution in [0.4, 0.5) is 5.69 Å². The Morgan fingerprint density at radius 3 is 2.23 bits per heavy atom. The molecule has 0 spiro atoms. The average Bonchev–Trinajstić information content (AvgIpc) is 3.52. The van der Waals surface area contributed by atoms with Gasteiger partial charge < -0.3 is 10.2 Å². The average molecular weight is 430 g/mol. The fourth-order valence-corrected chi connectivity index (χ4v) is 4.42. The number of hydrogen-bond donors (Lipinski definition) is 2. The van der Waals surface area contributed by atoms with Gasteiger partial charge in [-0.2, -0.15) is 0 Å². The van der Waals surface area contributed by atoms with Gasteiger partial charge in [0, 0.05) is 35.9 Å². The molecular formula is C22H27N3O4S. The normalized spacial score (nSPS) is 13.7. The highest BCUT2D eigenvalue weighted by molar-refractivity contribution is 7.89. The number of aryl methyl sites for hydroxylation is 1. The van der Waals surface area contributed by atoms with Crippen LogP contribution in [-0.4, -0.2) is 44.3 Å². The minimum absolute atomic E-state index is 0.00820. The summed E-state index contributed by atoms with van der Waals surface area (Å²) in [5.41, 5.74) is 2.04. The third kappa shape index (κ3) is 5.06. The van der Waals surface area contributed by atoms with Crippen molar-refractivity contribution in [2.75, 3.05) is 18.4 Å². The molecule has 1 saturated carbocycles. The number of nitrogens with zero attached hydrogens (tertiary/aromatic N) is 1. The van der Waals surface area contributed by atoms with Gasteiger partial charge in [-0.05, 0) is 75.6 Å². The molecule has 1 aliphatic carbocycles. The maximum Gasteiger partial charge on any atom is 0.255 e. The van der Waals surface area contributed by atoms with Crippen LogP contribution in [0.2, 0.25) is 0 Å². The number of anilines is 1. The highest BCUT2D eigenvalue weighted by Crippen LogP contribution is 2.24. The van der Waals surface area contributed by atoms with E-state index in [-0.39, 0.29) is 22.4 Å². The van der Waals surface area contributed by atoms with Crippen molar-refractivity contribution in [2.24, 2.45) is 0 Å². The lowest BCUT2D eigenvalue weighted by molar-refractivity contribution is 0.0773. The molecule has 2 aromatic carbocycles. The van der Waals surface area contributed by atoms with E-state index >= 15 is 0 Å².